The van der Waals surface area contributed by atoms with Gasteiger partial charge in [-0.3, -0.25) is 0 Å². The lowest BCUT2D eigenvalue weighted by Crippen LogP contribution is -2.23. The lowest BCUT2D eigenvalue weighted by Gasteiger charge is -2.13. The molecule has 0 saturated heterocycles. The van der Waals surface area contributed by atoms with Crippen molar-refractivity contribution in [3.05, 3.63) is 24.2 Å². The first-order chi connectivity index (χ1) is 6.38. The van der Waals surface area contributed by atoms with Crippen molar-refractivity contribution in [2.75, 3.05) is 13.1 Å². The average Bonchev–Trinajstić information content (AvgIpc) is 2.65. The van der Waals surface area contributed by atoms with Crippen LogP contribution < -0.4 is 11.1 Å². The molecule has 1 unspecified atom stereocenters. The van der Waals surface area contributed by atoms with Crippen molar-refractivity contribution in [3.63, 3.8) is 0 Å². The maximum Gasteiger partial charge on any atom is 0.120 e. The summed E-state index contributed by atoms with van der Waals surface area (Å²) in [7, 11) is 0. The molecule has 13 heavy (non-hydrogen) atoms. The SMILES string of the molecule is CCC(NCCCN)c1ccco1. The third-order valence-corrected chi connectivity index (χ3v) is 2.07. The highest BCUT2D eigenvalue weighted by molar-refractivity contribution is 5.03. The maximum absolute atomic E-state index is 5.41. The Morgan fingerprint density at radius 1 is 1.62 bits per heavy atom. The summed E-state index contributed by atoms with van der Waals surface area (Å²) in [5, 5.41) is 3.40. The van der Waals surface area contributed by atoms with Gasteiger partial charge in [0.2, 0.25) is 0 Å². The Balaban J connectivity index is 2.35. The van der Waals surface area contributed by atoms with Gasteiger partial charge in [0.25, 0.3) is 0 Å². The number of nitrogens with two attached hydrogens (primary N) is 1. The summed E-state index contributed by atoms with van der Waals surface area (Å²) >= 11 is 0. The van der Waals surface area contributed by atoms with Gasteiger partial charge in [-0.15, -0.1) is 0 Å². The first-order valence-corrected chi connectivity index (χ1v) is 4.85. The quantitative estimate of drug-likeness (QED) is 0.658. The Kier molecular flexibility index (Phi) is 4.57. The molecule has 0 radical (unpaired) electrons. The van der Waals surface area contributed by atoms with Gasteiger partial charge >= 0.3 is 0 Å². The fourth-order valence-corrected chi connectivity index (χ4v) is 1.31. The minimum absolute atomic E-state index is 0.335. The Labute approximate surface area is 79.3 Å². The molecule has 74 valence electrons. The van der Waals surface area contributed by atoms with E-state index in [1.807, 2.05) is 12.1 Å². The zero-order valence-corrected chi connectivity index (χ0v) is 8.12. The van der Waals surface area contributed by atoms with Crippen LogP contribution in [0.4, 0.5) is 0 Å². The molecular weight excluding hydrogens is 164 g/mol. The lowest BCUT2D eigenvalue weighted by atomic mass is 10.1. The first-order valence-electron chi connectivity index (χ1n) is 4.85. The highest BCUT2D eigenvalue weighted by Crippen LogP contribution is 2.16. The number of rotatable bonds is 6. The normalized spacial score (nSPS) is 13.1. The van der Waals surface area contributed by atoms with E-state index in [4.69, 9.17) is 10.2 Å². The van der Waals surface area contributed by atoms with Gasteiger partial charge in [0, 0.05) is 0 Å². The molecule has 3 N–H and O–H groups in total. The number of furan rings is 1. The van der Waals surface area contributed by atoms with E-state index in [1.54, 1.807) is 6.26 Å². The van der Waals surface area contributed by atoms with Crippen molar-refractivity contribution in [2.45, 2.75) is 25.8 Å². The molecule has 0 fully saturated rings. The van der Waals surface area contributed by atoms with Crippen LogP contribution in [0.25, 0.3) is 0 Å². The van der Waals surface area contributed by atoms with E-state index in [0.717, 1.165) is 31.7 Å². The van der Waals surface area contributed by atoms with Crippen LogP contribution in [-0.2, 0) is 0 Å². The van der Waals surface area contributed by atoms with Gasteiger partial charge in [0.15, 0.2) is 0 Å². The van der Waals surface area contributed by atoms with E-state index in [2.05, 4.69) is 12.2 Å². The molecule has 1 aromatic heterocycles. The summed E-state index contributed by atoms with van der Waals surface area (Å²) in [5.74, 6) is 1.01. The topological polar surface area (TPSA) is 51.2 Å². The van der Waals surface area contributed by atoms with Crippen molar-refractivity contribution in [2.24, 2.45) is 5.73 Å². The van der Waals surface area contributed by atoms with Crippen LogP contribution in [0.1, 0.15) is 31.6 Å². The van der Waals surface area contributed by atoms with E-state index < -0.39 is 0 Å². The first kappa shape index (κ1) is 10.3. The molecule has 0 bridgehead atoms. The second-order valence-corrected chi connectivity index (χ2v) is 3.07. The van der Waals surface area contributed by atoms with Gasteiger partial charge in [0.05, 0.1) is 12.3 Å². The molecule has 0 aliphatic rings. The summed E-state index contributed by atoms with van der Waals surface area (Å²) in [6.07, 6.45) is 3.76. The van der Waals surface area contributed by atoms with Crippen LogP contribution in [0.15, 0.2) is 22.8 Å². The smallest absolute Gasteiger partial charge is 0.120 e. The highest BCUT2D eigenvalue weighted by Gasteiger charge is 2.09. The van der Waals surface area contributed by atoms with Gasteiger partial charge in [-0.2, -0.15) is 0 Å². The van der Waals surface area contributed by atoms with Crippen LogP contribution in [0.2, 0.25) is 0 Å². The van der Waals surface area contributed by atoms with E-state index >= 15 is 0 Å². The van der Waals surface area contributed by atoms with E-state index in [1.165, 1.54) is 0 Å². The van der Waals surface area contributed by atoms with Crippen LogP contribution in [0, 0.1) is 0 Å². The van der Waals surface area contributed by atoms with E-state index in [-0.39, 0.29) is 0 Å². The van der Waals surface area contributed by atoms with Crippen molar-refractivity contribution < 1.29 is 4.42 Å². The molecule has 1 rings (SSSR count). The molecule has 3 heteroatoms. The Hall–Kier alpha value is -0.800. The van der Waals surface area contributed by atoms with Crippen molar-refractivity contribution in [1.82, 2.24) is 5.32 Å². The Morgan fingerprint density at radius 3 is 3.00 bits per heavy atom. The third-order valence-electron chi connectivity index (χ3n) is 2.07. The molecule has 0 aliphatic carbocycles. The summed E-state index contributed by atoms with van der Waals surface area (Å²) < 4.78 is 5.32. The van der Waals surface area contributed by atoms with Gasteiger partial charge in [-0.1, -0.05) is 6.92 Å². The van der Waals surface area contributed by atoms with Gasteiger partial charge in [-0.05, 0) is 38.1 Å². The summed E-state index contributed by atoms with van der Waals surface area (Å²) in [4.78, 5) is 0. The molecule has 3 nitrogen and oxygen atoms in total. The molecule has 0 aliphatic heterocycles. The second-order valence-electron chi connectivity index (χ2n) is 3.07. The third kappa shape index (κ3) is 3.20. The predicted molar refractivity (Wildman–Crippen MR) is 53.4 cm³/mol. The van der Waals surface area contributed by atoms with Crippen LogP contribution >= 0.6 is 0 Å². The zero-order valence-electron chi connectivity index (χ0n) is 8.12. The standard InChI is InChI=1S/C10H18N2O/c1-2-9(12-7-4-6-11)10-5-3-8-13-10/h3,5,8-9,12H,2,4,6-7,11H2,1H3. The molecule has 1 aromatic rings. The van der Waals surface area contributed by atoms with Crippen molar-refractivity contribution in [1.29, 1.82) is 0 Å². The monoisotopic (exact) mass is 182 g/mol. The van der Waals surface area contributed by atoms with Crippen LogP contribution in [-0.4, -0.2) is 13.1 Å². The van der Waals surface area contributed by atoms with Gasteiger partial charge < -0.3 is 15.5 Å². The maximum atomic E-state index is 5.41. The highest BCUT2D eigenvalue weighted by atomic mass is 16.3. The van der Waals surface area contributed by atoms with Crippen molar-refractivity contribution in [3.8, 4) is 0 Å². The fraction of sp³-hybridized carbons (Fsp3) is 0.600. The van der Waals surface area contributed by atoms with Crippen LogP contribution in [0.5, 0.6) is 0 Å². The molecular formula is C10H18N2O. The predicted octanol–water partition coefficient (Wildman–Crippen LogP) is 1.67. The molecule has 1 heterocycles. The Morgan fingerprint density at radius 2 is 2.46 bits per heavy atom. The van der Waals surface area contributed by atoms with E-state index in [9.17, 15) is 0 Å². The Bertz CT molecular complexity index is 209. The largest absolute Gasteiger partial charge is 0.468 e. The van der Waals surface area contributed by atoms with Crippen molar-refractivity contribution >= 4 is 0 Å². The molecule has 0 spiro atoms. The zero-order chi connectivity index (χ0) is 9.52. The average molecular weight is 182 g/mol. The molecule has 1 atom stereocenters. The second kappa shape index (κ2) is 5.78. The summed E-state index contributed by atoms with van der Waals surface area (Å²) in [5.41, 5.74) is 5.41. The summed E-state index contributed by atoms with van der Waals surface area (Å²) in [6, 6.07) is 4.26. The molecule has 0 saturated carbocycles. The number of nitrogens with one attached hydrogen (secondary N) is 1. The number of hydrogen-bond donors (Lipinski definition) is 2. The van der Waals surface area contributed by atoms with Crippen LogP contribution in [0.3, 0.4) is 0 Å². The van der Waals surface area contributed by atoms with Gasteiger partial charge in [0.1, 0.15) is 5.76 Å². The molecule has 0 amide bonds. The number of hydrogen-bond acceptors (Lipinski definition) is 3. The minimum Gasteiger partial charge on any atom is -0.468 e. The minimum atomic E-state index is 0.335. The summed E-state index contributed by atoms with van der Waals surface area (Å²) in [6.45, 7) is 3.83. The lowest BCUT2D eigenvalue weighted by molar-refractivity contribution is 0.403. The van der Waals surface area contributed by atoms with Gasteiger partial charge in [-0.25, -0.2) is 0 Å². The van der Waals surface area contributed by atoms with E-state index in [0.29, 0.717) is 6.04 Å². The molecule has 0 aromatic carbocycles. The fourth-order valence-electron chi connectivity index (χ4n) is 1.31.